The molecule has 0 radical (unpaired) electrons. The fourth-order valence-corrected chi connectivity index (χ4v) is 1.83. The van der Waals surface area contributed by atoms with Crippen LogP contribution >= 0.6 is 0 Å². The summed E-state index contributed by atoms with van der Waals surface area (Å²) in [7, 11) is 0. The van der Waals surface area contributed by atoms with Crippen LogP contribution in [0.2, 0.25) is 0 Å². The molecule has 0 N–H and O–H groups in total. The Kier molecular flexibility index (Phi) is 2.87. The Hall–Kier alpha value is -1.52. The highest BCUT2D eigenvalue weighted by Crippen LogP contribution is 2.40. The van der Waals surface area contributed by atoms with Crippen LogP contribution in [0.5, 0.6) is 5.75 Å². The number of hydrogen-bond acceptors (Lipinski definition) is 2. The highest BCUT2D eigenvalue weighted by molar-refractivity contribution is 5.91. The van der Waals surface area contributed by atoms with Gasteiger partial charge in [-0.25, -0.2) is 0 Å². The van der Waals surface area contributed by atoms with Gasteiger partial charge in [-0.3, -0.25) is 4.79 Å². The molecular weight excluding hydrogens is 245 g/mol. The fourth-order valence-electron chi connectivity index (χ4n) is 1.83. The molecule has 1 fully saturated rings. The van der Waals surface area contributed by atoms with Crippen molar-refractivity contribution in [2.45, 2.75) is 32.5 Å². The Morgan fingerprint density at radius 2 is 2.00 bits per heavy atom. The zero-order valence-electron chi connectivity index (χ0n) is 10.0. The first-order chi connectivity index (χ1) is 8.21. The minimum absolute atomic E-state index is 0.0690. The minimum atomic E-state index is -4.38. The lowest BCUT2D eigenvalue weighted by Crippen LogP contribution is -2.52. The number of Topliss-reactive ketones (excluding diaryl/α,β-unsaturated/α-hetero) is 1. The molecule has 0 spiro atoms. The third kappa shape index (κ3) is 2.21. The molecule has 5 heteroatoms. The normalized spacial score (nSPS) is 22.5. The molecule has 0 aliphatic heterocycles. The minimum Gasteiger partial charge on any atom is -0.489 e. The SMILES string of the molecule is CC1(C)C(=O)CC1Oc1cccc(C(F)(F)F)c1. The van der Waals surface area contributed by atoms with Crippen molar-refractivity contribution in [1.29, 1.82) is 0 Å². The summed E-state index contributed by atoms with van der Waals surface area (Å²) in [6, 6.07) is 4.71. The molecule has 0 saturated heterocycles. The summed E-state index contributed by atoms with van der Waals surface area (Å²) < 4.78 is 43.0. The van der Waals surface area contributed by atoms with Crippen LogP contribution in [0, 0.1) is 5.41 Å². The topological polar surface area (TPSA) is 26.3 Å². The number of ether oxygens (including phenoxy) is 1. The first kappa shape index (κ1) is 12.9. The van der Waals surface area contributed by atoms with Crippen LogP contribution in [0.25, 0.3) is 0 Å². The van der Waals surface area contributed by atoms with Gasteiger partial charge in [0.05, 0.1) is 11.0 Å². The number of ketones is 1. The molecule has 18 heavy (non-hydrogen) atoms. The molecule has 98 valence electrons. The largest absolute Gasteiger partial charge is 0.489 e. The third-order valence-electron chi connectivity index (χ3n) is 3.33. The number of hydrogen-bond donors (Lipinski definition) is 0. The predicted molar refractivity (Wildman–Crippen MR) is 59.3 cm³/mol. The Bertz CT molecular complexity index is 477. The van der Waals surface area contributed by atoms with Gasteiger partial charge in [0.25, 0.3) is 0 Å². The molecule has 0 aromatic heterocycles. The molecule has 0 bridgehead atoms. The smallest absolute Gasteiger partial charge is 0.416 e. The molecule has 0 amide bonds. The van der Waals surface area contributed by atoms with Gasteiger partial charge in [0.15, 0.2) is 0 Å². The fraction of sp³-hybridized carbons (Fsp3) is 0.462. The van der Waals surface area contributed by atoms with Crippen molar-refractivity contribution in [2.24, 2.45) is 5.41 Å². The second-order valence-corrected chi connectivity index (χ2v) is 4.98. The summed E-state index contributed by atoms with van der Waals surface area (Å²) in [4.78, 5) is 11.3. The molecule has 1 unspecified atom stereocenters. The van der Waals surface area contributed by atoms with E-state index in [2.05, 4.69) is 0 Å². The maximum Gasteiger partial charge on any atom is 0.416 e. The number of benzene rings is 1. The summed E-state index contributed by atoms with van der Waals surface area (Å²) in [6.45, 7) is 3.47. The van der Waals surface area contributed by atoms with Crippen LogP contribution in [0.4, 0.5) is 13.2 Å². The number of rotatable bonds is 2. The van der Waals surface area contributed by atoms with Crippen molar-refractivity contribution in [3.63, 3.8) is 0 Å². The zero-order chi connectivity index (χ0) is 13.6. The summed E-state index contributed by atoms with van der Waals surface area (Å²) in [6.07, 6.45) is -4.48. The van der Waals surface area contributed by atoms with Crippen LogP contribution in [-0.2, 0) is 11.0 Å². The first-order valence-corrected chi connectivity index (χ1v) is 5.58. The average Bonchev–Trinajstić information content (AvgIpc) is 2.28. The lowest BCUT2D eigenvalue weighted by atomic mass is 9.68. The van der Waals surface area contributed by atoms with Gasteiger partial charge >= 0.3 is 6.18 Å². The Balaban J connectivity index is 2.14. The van der Waals surface area contributed by atoms with E-state index in [-0.39, 0.29) is 24.1 Å². The van der Waals surface area contributed by atoms with E-state index in [1.165, 1.54) is 12.1 Å². The van der Waals surface area contributed by atoms with Crippen molar-refractivity contribution in [1.82, 2.24) is 0 Å². The summed E-state index contributed by atoms with van der Waals surface area (Å²) in [5.74, 6) is 0.217. The van der Waals surface area contributed by atoms with E-state index in [4.69, 9.17) is 4.74 Å². The standard InChI is InChI=1S/C13H13F3O2/c1-12(2)10(17)7-11(12)18-9-5-3-4-8(6-9)13(14,15)16/h3-6,11H,7H2,1-2H3. The maximum atomic E-state index is 12.5. The summed E-state index contributed by atoms with van der Waals surface area (Å²) in [5.41, 5.74) is -1.36. The van der Waals surface area contributed by atoms with Gasteiger partial charge in [0.2, 0.25) is 0 Å². The lowest BCUT2D eigenvalue weighted by Gasteiger charge is -2.41. The molecule has 1 aliphatic carbocycles. The molecular formula is C13H13F3O2. The summed E-state index contributed by atoms with van der Waals surface area (Å²) in [5, 5.41) is 0. The van der Waals surface area contributed by atoms with Gasteiger partial charge < -0.3 is 4.74 Å². The van der Waals surface area contributed by atoms with Crippen LogP contribution in [0.1, 0.15) is 25.8 Å². The van der Waals surface area contributed by atoms with E-state index in [0.717, 1.165) is 12.1 Å². The average molecular weight is 258 g/mol. The molecule has 1 saturated carbocycles. The molecule has 0 heterocycles. The second kappa shape index (κ2) is 4.00. The predicted octanol–water partition coefficient (Wildman–Crippen LogP) is 3.45. The Morgan fingerprint density at radius 1 is 1.33 bits per heavy atom. The molecule has 2 nitrogen and oxygen atoms in total. The number of carbonyl (C=O) groups excluding carboxylic acids is 1. The third-order valence-corrected chi connectivity index (χ3v) is 3.33. The monoisotopic (exact) mass is 258 g/mol. The molecule has 1 atom stereocenters. The maximum absolute atomic E-state index is 12.5. The van der Waals surface area contributed by atoms with E-state index in [0.29, 0.717) is 0 Å². The van der Waals surface area contributed by atoms with Gasteiger partial charge in [-0.15, -0.1) is 0 Å². The molecule has 1 aromatic carbocycles. The van der Waals surface area contributed by atoms with Gasteiger partial charge in [0, 0.05) is 6.42 Å². The second-order valence-electron chi connectivity index (χ2n) is 4.98. The van der Waals surface area contributed by atoms with Crippen LogP contribution in [0.15, 0.2) is 24.3 Å². The zero-order valence-corrected chi connectivity index (χ0v) is 10.0. The van der Waals surface area contributed by atoms with E-state index in [1.807, 2.05) is 0 Å². The molecule has 1 aromatic rings. The van der Waals surface area contributed by atoms with Crippen molar-refractivity contribution in [3.05, 3.63) is 29.8 Å². The van der Waals surface area contributed by atoms with Crippen LogP contribution in [0.3, 0.4) is 0 Å². The van der Waals surface area contributed by atoms with Crippen LogP contribution < -0.4 is 4.74 Å². The van der Waals surface area contributed by atoms with Crippen molar-refractivity contribution in [3.8, 4) is 5.75 Å². The number of carbonyl (C=O) groups is 1. The summed E-state index contributed by atoms with van der Waals surface area (Å²) >= 11 is 0. The number of halogens is 3. The van der Waals surface area contributed by atoms with E-state index < -0.39 is 17.2 Å². The van der Waals surface area contributed by atoms with E-state index in [9.17, 15) is 18.0 Å². The molecule has 1 aliphatic rings. The Morgan fingerprint density at radius 3 is 2.50 bits per heavy atom. The van der Waals surface area contributed by atoms with Gasteiger partial charge in [-0.1, -0.05) is 6.07 Å². The lowest BCUT2D eigenvalue weighted by molar-refractivity contribution is -0.148. The van der Waals surface area contributed by atoms with Crippen LogP contribution in [-0.4, -0.2) is 11.9 Å². The van der Waals surface area contributed by atoms with E-state index >= 15 is 0 Å². The van der Waals surface area contributed by atoms with Crippen molar-refractivity contribution in [2.75, 3.05) is 0 Å². The van der Waals surface area contributed by atoms with Gasteiger partial charge in [0.1, 0.15) is 17.6 Å². The highest BCUT2D eigenvalue weighted by Gasteiger charge is 2.49. The first-order valence-electron chi connectivity index (χ1n) is 5.58. The van der Waals surface area contributed by atoms with E-state index in [1.54, 1.807) is 13.8 Å². The van der Waals surface area contributed by atoms with Crippen molar-refractivity contribution >= 4 is 5.78 Å². The molecule has 2 rings (SSSR count). The number of alkyl halides is 3. The van der Waals surface area contributed by atoms with Gasteiger partial charge in [-0.2, -0.15) is 13.2 Å². The Labute approximate surface area is 103 Å². The van der Waals surface area contributed by atoms with Crippen molar-refractivity contribution < 1.29 is 22.7 Å². The van der Waals surface area contributed by atoms with Gasteiger partial charge in [-0.05, 0) is 32.0 Å². The highest BCUT2D eigenvalue weighted by atomic mass is 19.4. The quantitative estimate of drug-likeness (QED) is 0.812.